The molecule has 6 nitrogen and oxygen atoms in total. The van der Waals surface area contributed by atoms with E-state index in [1.165, 1.54) is 29.5 Å². The molecule has 0 fully saturated rings. The first kappa shape index (κ1) is 24.8. The molecule has 6 rings (SSSR count). The summed E-state index contributed by atoms with van der Waals surface area (Å²) in [5.41, 5.74) is 10.7. The Hall–Kier alpha value is -3.48. The van der Waals surface area contributed by atoms with Gasteiger partial charge in [0.2, 0.25) is 0 Å². The number of benzene rings is 2. The van der Waals surface area contributed by atoms with Gasteiger partial charge in [0.25, 0.3) is 5.91 Å². The molecule has 2 atom stereocenters. The van der Waals surface area contributed by atoms with E-state index in [9.17, 15) is 9.90 Å². The van der Waals surface area contributed by atoms with Gasteiger partial charge < -0.3 is 19.9 Å². The quantitative estimate of drug-likeness (QED) is 0.379. The SMILES string of the molecule is C[C@@H](O)CN(C)C(=O)c1ccc(-c2c[nH]c3ncc(-c4cc5c6c(c4)CN(C)CC6(C)CCC5)cc23)cc1. The lowest BCUT2D eigenvalue weighted by Crippen LogP contribution is -2.44. The number of hydrogen-bond acceptors (Lipinski definition) is 4. The number of pyridine rings is 1. The second kappa shape index (κ2) is 9.37. The highest BCUT2D eigenvalue weighted by Gasteiger charge is 2.38. The minimum Gasteiger partial charge on any atom is -0.392 e. The number of aliphatic hydroxyl groups is 1. The van der Waals surface area contributed by atoms with Crippen molar-refractivity contribution in [3.8, 4) is 22.3 Å². The highest BCUT2D eigenvalue weighted by molar-refractivity contribution is 5.98. The predicted molar refractivity (Wildman–Crippen MR) is 152 cm³/mol. The molecule has 0 bridgehead atoms. The van der Waals surface area contributed by atoms with Crippen molar-refractivity contribution in [3.05, 3.63) is 77.1 Å². The van der Waals surface area contributed by atoms with Gasteiger partial charge in [0.1, 0.15) is 5.65 Å². The van der Waals surface area contributed by atoms with Crippen LogP contribution < -0.4 is 0 Å². The molecular weight excluding hydrogens is 472 g/mol. The number of aliphatic hydroxyl groups excluding tert-OH is 1. The number of aryl methyl sites for hydroxylation is 1. The normalized spacial score (nSPS) is 19.8. The number of hydrogen-bond donors (Lipinski definition) is 2. The van der Waals surface area contributed by atoms with Crippen molar-refractivity contribution in [2.75, 3.05) is 27.2 Å². The number of amides is 1. The lowest BCUT2D eigenvalue weighted by atomic mass is 9.67. The van der Waals surface area contributed by atoms with Crippen LogP contribution in [0.5, 0.6) is 0 Å². The first-order chi connectivity index (χ1) is 18.2. The minimum atomic E-state index is -0.560. The summed E-state index contributed by atoms with van der Waals surface area (Å²) in [4.78, 5) is 24.8. The van der Waals surface area contributed by atoms with Gasteiger partial charge in [-0.3, -0.25) is 4.79 Å². The number of carbonyl (C=O) groups excluding carboxylic acids is 1. The minimum absolute atomic E-state index is 0.0987. The third-order valence-corrected chi connectivity index (χ3v) is 8.33. The first-order valence-electron chi connectivity index (χ1n) is 13.6. The number of aromatic amines is 1. The second-order valence-electron chi connectivity index (χ2n) is 11.7. The molecule has 1 aliphatic carbocycles. The Kier molecular flexibility index (Phi) is 6.12. The zero-order chi connectivity index (χ0) is 26.6. The van der Waals surface area contributed by atoms with E-state index in [1.807, 2.05) is 36.7 Å². The van der Waals surface area contributed by atoms with Crippen molar-refractivity contribution in [3.63, 3.8) is 0 Å². The average Bonchev–Trinajstić information content (AvgIpc) is 3.30. The van der Waals surface area contributed by atoms with E-state index in [0.29, 0.717) is 12.1 Å². The standard InChI is InChI=1S/C32H36N4O2/c1-20(37)17-36(4)31(38)22-9-7-21(8-10-22)28-16-34-30-27(28)14-25(15-33-30)24-12-23-6-5-11-32(2)19-35(3)18-26(13-24)29(23)32/h7-10,12-16,20,37H,5-6,11,17-19H2,1-4H3,(H,33,34)/t20-,32?/m1/s1. The molecule has 4 aromatic rings. The Balaban J connectivity index is 1.35. The van der Waals surface area contributed by atoms with Gasteiger partial charge in [-0.25, -0.2) is 4.98 Å². The molecule has 196 valence electrons. The molecule has 2 aromatic heterocycles. The number of likely N-dealkylation sites (N-methyl/N-ethyl adjacent to an activating group) is 2. The molecule has 0 spiro atoms. The van der Waals surface area contributed by atoms with Crippen molar-refractivity contribution in [1.82, 2.24) is 19.8 Å². The predicted octanol–water partition coefficient (Wildman–Crippen LogP) is 5.39. The monoisotopic (exact) mass is 508 g/mol. The molecule has 6 heteroatoms. The maximum absolute atomic E-state index is 12.7. The van der Waals surface area contributed by atoms with E-state index in [1.54, 1.807) is 24.4 Å². The molecule has 0 saturated heterocycles. The summed E-state index contributed by atoms with van der Waals surface area (Å²) in [5.74, 6) is -0.0987. The van der Waals surface area contributed by atoms with E-state index in [-0.39, 0.29) is 11.3 Å². The van der Waals surface area contributed by atoms with Crippen molar-refractivity contribution in [2.24, 2.45) is 0 Å². The van der Waals surface area contributed by atoms with E-state index in [2.05, 4.69) is 42.1 Å². The van der Waals surface area contributed by atoms with E-state index < -0.39 is 6.10 Å². The van der Waals surface area contributed by atoms with Gasteiger partial charge in [-0.05, 0) is 85.3 Å². The molecular formula is C32H36N4O2. The average molecular weight is 509 g/mol. The van der Waals surface area contributed by atoms with Gasteiger partial charge >= 0.3 is 0 Å². The van der Waals surface area contributed by atoms with Gasteiger partial charge in [0.15, 0.2) is 0 Å². The number of rotatable bonds is 5. The summed E-state index contributed by atoms with van der Waals surface area (Å²) < 4.78 is 0. The van der Waals surface area contributed by atoms with E-state index in [4.69, 9.17) is 4.98 Å². The molecule has 0 saturated carbocycles. The van der Waals surface area contributed by atoms with Gasteiger partial charge in [0, 0.05) is 66.6 Å². The number of nitrogens with zero attached hydrogens (tertiary/aromatic N) is 3. The van der Waals surface area contributed by atoms with Gasteiger partial charge in [-0.15, -0.1) is 0 Å². The van der Waals surface area contributed by atoms with Gasteiger partial charge in [0.05, 0.1) is 6.10 Å². The molecule has 1 unspecified atom stereocenters. The first-order valence-corrected chi connectivity index (χ1v) is 13.6. The van der Waals surface area contributed by atoms with Crippen molar-refractivity contribution >= 4 is 16.9 Å². The Morgan fingerprint density at radius 2 is 1.92 bits per heavy atom. The number of carbonyl (C=O) groups is 1. The second-order valence-corrected chi connectivity index (χ2v) is 11.7. The summed E-state index contributed by atoms with van der Waals surface area (Å²) in [7, 11) is 3.95. The maximum atomic E-state index is 12.7. The Morgan fingerprint density at radius 1 is 1.16 bits per heavy atom. The van der Waals surface area contributed by atoms with Crippen LogP contribution in [-0.4, -0.2) is 64.1 Å². The topological polar surface area (TPSA) is 72.5 Å². The van der Waals surface area contributed by atoms with Crippen LogP contribution >= 0.6 is 0 Å². The zero-order valence-electron chi connectivity index (χ0n) is 22.7. The molecule has 2 N–H and O–H groups in total. The lowest BCUT2D eigenvalue weighted by Gasteiger charge is -2.45. The number of H-pyrrole nitrogens is 1. The number of nitrogens with one attached hydrogen (secondary N) is 1. The summed E-state index contributed by atoms with van der Waals surface area (Å²) >= 11 is 0. The Bertz CT molecular complexity index is 1520. The van der Waals surface area contributed by atoms with Crippen LogP contribution in [0.4, 0.5) is 0 Å². The largest absolute Gasteiger partial charge is 0.392 e. The summed E-state index contributed by atoms with van der Waals surface area (Å²) in [5, 5.41) is 10.7. The summed E-state index contributed by atoms with van der Waals surface area (Å²) in [6.45, 7) is 6.55. The zero-order valence-corrected chi connectivity index (χ0v) is 22.7. The van der Waals surface area contributed by atoms with Crippen LogP contribution in [0, 0.1) is 0 Å². The fourth-order valence-corrected chi connectivity index (χ4v) is 6.82. The van der Waals surface area contributed by atoms with Crippen molar-refractivity contribution < 1.29 is 9.90 Å². The lowest BCUT2D eigenvalue weighted by molar-refractivity contribution is 0.0703. The molecule has 2 aliphatic rings. The van der Waals surface area contributed by atoms with Crippen LogP contribution in [0.15, 0.2) is 54.9 Å². The molecule has 1 aliphatic heterocycles. The third-order valence-electron chi connectivity index (χ3n) is 8.33. The highest BCUT2D eigenvalue weighted by atomic mass is 16.3. The molecule has 1 amide bonds. The van der Waals surface area contributed by atoms with Crippen molar-refractivity contribution in [1.29, 1.82) is 0 Å². The Morgan fingerprint density at radius 3 is 2.68 bits per heavy atom. The smallest absolute Gasteiger partial charge is 0.253 e. The van der Waals surface area contributed by atoms with Crippen LogP contribution in [-0.2, 0) is 18.4 Å². The maximum Gasteiger partial charge on any atom is 0.253 e. The third kappa shape index (κ3) is 4.32. The van der Waals surface area contributed by atoms with Gasteiger partial charge in [-0.2, -0.15) is 0 Å². The highest BCUT2D eigenvalue weighted by Crippen LogP contribution is 2.45. The fourth-order valence-electron chi connectivity index (χ4n) is 6.82. The van der Waals surface area contributed by atoms with E-state index >= 15 is 0 Å². The van der Waals surface area contributed by atoms with Crippen LogP contribution in [0.1, 0.15) is 53.7 Å². The number of aromatic nitrogens is 2. The Labute approximate surface area is 224 Å². The number of fused-ring (bicyclic) bond motifs is 1. The molecule has 3 heterocycles. The molecule has 2 aromatic carbocycles. The van der Waals surface area contributed by atoms with Crippen LogP contribution in [0.3, 0.4) is 0 Å². The summed E-state index contributed by atoms with van der Waals surface area (Å²) in [6.07, 6.45) is 7.07. The fraction of sp³-hybridized carbons (Fsp3) is 0.375. The summed E-state index contributed by atoms with van der Waals surface area (Å²) in [6, 6.07) is 14.7. The van der Waals surface area contributed by atoms with Crippen LogP contribution in [0.2, 0.25) is 0 Å². The van der Waals surface area contributed by atoms with Crippen LogP contribution in [0.25, 0.3) is 33.3 Å². The molecule has 38 heavy (non-hydrogen) atoms. The van der Waals surface area contributed by atoms with Gasteiger partial charge in [-0.1, -0.05) is 25.1 Å². The van der Waals surface area contributed by atoms with Crippen molar-refractivity contribution in [2.45, 2.75) is 51.2 Å². The van der Waals surface area contributed by atoms with E-state index in [0.717, 1.165) is 47.2 Å². The molecule has 0 radical (unpaired) electrons.